The number of nitrogens with zero attached hydrogens (tertiary/aromatic N) is 5. The van der Waals surface area contributed by atoms with Crippen molar-refractivity contribution in [2.24, 2.45) is 14.1 Å². The Hall–Kier alpha value is -5.00. The third kappa shape index (κ3) is 2.62. The van der Waals surface area contributed by atoms with Crippen LogP contribution in [0.4, 0.5) is 10.5 Å². The van der Waals surface area contributed by atoms with Crippen LogP contribution in [0.5, 0.6) is 5.88 Å². The second kappa shape index (κ2) is 7.76. The van der Waals surface area contributed by atoms with Crippen LogP contribution in [0.15, 0.2) is 64.2 Å². The van der Waals surface area contributed by atoms with E-state index < -0.39 is 46.0 Å². The summed E-state index contributed by atoms with van der Waals surface area (Å²) in [5.74, 6) is -3.39. The van der Waals surface area contributed by atoms with E-state index in [1.807, 2.05) is 30.3 Å². The number of para-hydroxylation sites is 1. The van der Waals surface area contributed by atoms with Gasteiger partial charge in [0.05, 0.1) is 6.54 Å². The van der Waals surface area contributed by atoms with Gasteiger partial charge in [0.15, 0.2) is 5.41 Å². The second-order valence-electron chi connectivity index (χ2n) is 9.82. The second-order valence-corrected chi connectivity index (χ2v) is 9.82. The molecule has 4 heterocycles. The Labute approximate surface area is 221 Å². The van der Waals surface area contributed by atoms with Crippen molar-refractivity contribution in [2.45, 2.75) is 17.6 Å². The Morgan fingerprint density at radius 1 is 0.718 bits per heavy atom. The number of carbonyl (C=O) groups is 4. The highest BCUT2D eigenvalue weighted by Gasteiger charge is 2.81. The minimum atomic E-state index is -2.71. The van der Waals surface area contributed by atoms with E-state index in [2.05, 4.69) is 0 Å². The third-order valence-electron chi connectivity index (χ3n) is 7.90. The molecule has 1 fully saturated rings. The van der Waals surface area contributed by atoms with Crippen molar-refractivity contribution in [3.8, 4) is 5.88 Å². The van der Waals surface area contributed by atoms with Crippen molar-refractivity contribution in [1.29, 1.82) is 0 Å². The van der Waals surface area contributed by atoms with Crippen LogP contribution in [-0.2, 0) is 40.4 Å². The quantitative estimate of drug-likeness (QED) is 0.430. The summed E-state index contributed by atoms with van der Waals surface area (Å²) in [4.78, 5) is 85.4. The average molecular weight is 530 g/mol. The van der Waals surface area contributed by atoms with Crippen LogP contribution in [0.25, 0.3) is 0 Å². The first-order valence-electron chi connectivity index (χ1n) is 12.1. The minimum absolute atomic E-state index is 0.0585. The number of aromatic nitrogens is 2. The highest BCUT2D eigenvalue weighted by atomic mass is 16.5. The Morgan fingerprint density at radius 2 is 1.31 bits per heavy atom. The Bertz CT molecular complexity index is 1730. The molecule has 2 spiro atoms. The lowest BCUT2D eigenvalue weighted by Crippen LogP contribution is -2.77. The van der Waals surface area contributed by atoms with Crippen LogP contribution in [0, 0.1) is 0 Å². The van der Waals surface area contributed by atoms with Gasteiger partial charge in [0.25, 0.3) is 23.0 Å². The van der Waals surface area contributed by atoms with E-state index in [4.69, 9.17) is 4.74 Å². The van der Waals surface area contributed by atoms with Crippen LogP contribution in [0.2, 0.25) is 0 Å². The predicted molar refractivity (Wildman–Crippen MR) is 136 cm³/mol. The zero-order valence-corrected chi connectivity index (χ0v) is 21.5. The molecule has 0 radical (unpaired) electrons. The zero-order valence-electron chi connectivity index (χ0n) is 21.5. The molecule has 12 heteroatoms. The molecule has 1 atom stereocenters. The van der Waals surface area contributed by atoms with Crippen molar-refractivity contribution in [3.63, 3.8) is 0 Å². The van der Waals surface area contributed by atoms with Crippen molar-refractivity contribution in [2.75, 3.05) is 19.0 Å². The Morgan fingerprint density at radius 3 is 1.95 bits per heavy atom. The molecule has 0 saturated carbocycles. The summed E-state index contributed by atoms with van der Waals surface area (Å²) in [5.41, 5.74) is -5.73. The number of amides is 5. The molecule has 5 amide bonds. The molecule has 1 saturated heterocycles. The van der Waals surface area contributed by atoms with Gasteiger partial charge in [-0.05, 0) is 11.6 Å². The van der Waals surface area contributed by atoms with E-state index in [1.54, 1.807) is 24.3 Å². The molecule has 198 valence electrons. The van der Waals surface area contributed by atoms with Gasteiger partial charge in [0.2, 0.25) is 11.8 Å². The summed E-state index contributed by atoms with van der Waals surface area (Å²) < 4.78 is 7.91. The molecular formula is C27H23N5O7. The summed E-state index contributed by atoms with van der Waals surface area (Å²) in [5, 5.41) is 0. The summed E-state index contributed by atoms with van der Waals surface area (Å²) in [6, 6.07) is 14.7. The van der Waals surface area contributed by atoms with Gasteiger partial charge in [-0.2, -0.15) is 0 Å². The molecule has 1 aromatic heterocycles. The lowest BCUT2D eigenvalue weighted by atomic mass is 9.63. The standard InChI is InChI=1S/C27H23N5O7/c1-28-19(33)18-20(29(2)24(28)37)39-27(22(35)30(3)25(38)31(4)23(27)36)26(18)16-12-8-9-13-17(16)32(21(26)34)14-15-10-6-5-7-11-15/h5-13H,14H2,1-4H3. The van der Waals surface area contributed by atoms with Gasteiger partial charge < -0.3 is 9.64 Å². The van der Waals surface area contributed by atoms with Crippen LogP contribution >= 0.6 is 0 Å². The first kappa shape index (κ1) is 24.3. The number of carbonyl (C=O) groups excluding carboxylic acids is 4. The fourth-order valence-electron chi connectivity index (χ4n) is 5.99. The Kier molecular flexibility index (Phi) is 4.84. The van der Waals surface area contributed by atoms with E-state index in [9.17, 15) is 28.8 Å². The van der Waals surface area contributed by atoms with Crippen molar-refractivity contribution in [3.05, 3.63) is 92.1 Å². The zero-order chi connectivity index (χ0) is 28.0. The van der Waals surface area contributed by atoms with Crippen LogP contribution in [0.1, 0.15) is 16.7 Å². The number of rotatable bonds is 2. The van der Waals surface area contributed by atoms with E-state index >= 15 is 0 Å². The average Bonchev–Trinajstić information content (AvgIpc) is 3.40. The SMILES string of the molecule is CN1C(=O)N(C)C(=O)C2(Oc3c(c(=O)n(C)c(=O)n3C)C23C(=O)N(Cc2ccccc2)c2ccccc23)C1=O. The van der Waals surface area contributed by atoms with Gasteiger partial charge >= 0.3 is 11.7 Å². The topological polar surface area (TPSA) is 131 Å². The molecular weight excluding hydrogens is 506 g/mol. The van der Waals surface area contributed by atoms with Gasteiger partial charge in [-0.1, -0.05) is 48.5 Å². The number of imide groups is 2. The number of urea groups is 1. The number of fused-ring (bicyclic) bond motifs is 5. The number of barbiturate groups is 1. The summed E-state index contributed by atoms with van der Waals surface area (Å²) >= 11 is 0. The first-order valence-corrected chi connectivity index (χ1v) is 12.1. The molecule has 6 rings (SSSR count). The number of hydrogen-bond donors (Lipinski definition) is 0. The molecule has 1 unspecified atom stereocenters. The predicted octanol–water partition coefficient (Wildman–Crippen LogP) is 0.0985. The van der Waals surface area contributed by atoms with E-state index in [0.717, 1.165) is 14.7 Å². The maximum Gasteiger partial charge on any atom is 0.333 e. The lowest BCUT2D eigenvalue weighted by Gasteiger charge is -2.44. The third-order valence-corrected chi connectivity index (χ3v) is 7.90. The number of anilines is 1. The maximum absolute atomic E-state index is 14.9. The van der Waals surface area contributed by atoms with Gasteiger partial charge in [0.1, 0.15) is 5.56 Å². The molecule has 39 heavy (non-hydrogen) atoms. The number of likely N-dealkylation sites (N-methyl/N-ethyl adjacent to an activating group) is 2. The fourth-order valence-corrected chi connectivity index (χ4v) is 5.99. The van der Waals surface area contributed by atoms with E-state index in [1.165, 1.54) is 33.1 Å². The number of benzene rings is 2. The van der Waals surface area contributed by atoms with Gasteiger partial charge in [-0.15, -0.1) is 0 Å². The smallest absolute Gasteiger partial charge is 0.333 e. The van der Waals surface area contributed by atoms with Crippen LogP contribution < -0.4 is 20.9 Å². The summed E-state index contributed by atoms with van der Waals surface area (Å²) in [7, 11) is 4.89. The van der Waals surface area contributed by atoms with E-state index in [0.29, 0.717) is 15.5 Å². The number of ether oxygens (including phenoxy) is 1. The number of hydrogen-bond acceptors (Lipinski definition) is 7. The van der Waals surface area contributed by atoms with Gasteiger partial charge in [0, 0.05) is 39.4 Å². The van der Waals surface area contributed by atoms with Crippen LogP contribution in [0.3, 0.4) is 0 Å². The van der Waals surface area contributed by atoms with E-state index in [-0.39, 0.29) is 23.6 Å². The lowest BCUT2D eigenvalue weighted by molar-refractivity contribution is -0.170. The van der Waals surface area contributed by atoms with Crippen molar-refractivity contribution in [1.82, 2.24) is 18.9 Å². The van der Waals surface area contributed by atoms with Crippen LogP contribution in [-0.4, -0.2) is 62.4 Å². The normalized spacial score (nSPS) is 21.2. The molecule has 3 aliphatic heterocycles. The first-order chi connectivity index (χ1) is 18.5. The minimum Gasteiger partial charge on any atom is -0.449 e. The fraction of sp³-hybridized carbons (Fsp3) is 0.259. The van der Waals surface area contributed by atoms with Gasteiger partial charge in [-0.3, -0.25) is 38.1 Å². The molecule has 3 aromatic rings. The molecule has 0 aliphatic carbocycles. The molecule has 12 nitrogen and oxygen atoms in total. The molecule has 0 N–H and O–H groups in total. The molecule has 0 bridgehead atoms. The highest BCUT2D eigenvalue weighted by molar-refractivity contribution is 6.29. The summed E-state index contributed by atoms with van der Waals surface area (Å²) in [6.45, 7) is 0.0585. The maximum atomic E-state index is 14.9. The monoisotopic (exact) mass is 529 g/mol. The molecule has 3 aliphatic rings. The Balaban J connectivity index is 1.77. The van der Waals surface area contributed by atoms with Gasteiger partial charge in [-0.25, -0.2) is 9.59 Å². The van der Waals surface area contributed by atoms with Crippen molar-refractivity contribution < 1.29 is 23.9 Å². The van der Waals surface area contributed by atoms with Crippen molar-refractivity contribution >= 4 is 29.4 Å². The largest absolute Gasteiger partial charge is 0.449 e. The summed E-state index contributed by atoms with van der Waals surface area (Å²) in [6.07, 6.45) is 0. The highest BCUT2D eigenvalue weighted by Crippen LogP contribution is 2.60. The molecule has 2 aromatic carbocycles.